The molecule has 2 unspecified atom stereocenters. The van der Waals surface area contributed by atoms with E-state index in [-0.39, 0.29) is 0 Å². The molecular formula is C16H27ClN2S. The Hall–Kier alpha value is -0.380. The molecule has 1 N–H and O–H groups in total. The summed E-state index contributed by atoms with van der Waals surface area (Å²) in [6.07, 6.45) is 3.28. The van der Waals surface area contributed by atoms with Gasteiger partial charge in [0.1, 0.15) is 0 Å². The number of thioether (sulfide) groups is 1. The van der Waals surface area contributed by atoms with E-state index >= 15 is 0 Å². The van der Waals surface area contributed by atoms with E-state index in [0.717, 1.165) is 29.4 Å². The van der Waals surface area contributed by atoms with Crippen LogP contribution in [-0.4, -0.2) is 31.6 Å². The molecular weight excluding hydrogens is 288 g/mol. The van der Waals surface area contributed by atoms with Gasteiger partial charge in [-0.15, -0.1) is 0 Å². The van der Waals surface area contributed by atoms with Gasteiger partial charge in [-0.3, -0.25) is 0 Å². The number of hydrogen-bond donors (Lipinski definition) is 1. The van der Waals surface area contributed by atoms with Gasteiger partial charge in [-0.05, 0) is 43.8 Å². The first-order chi connectivity index (χ1) is 9.54. The fourth-order valence-electron chi connectivity index (χ4n) is 2.40. The Balaban J connectivity index is 2.91. The van der Waals surface area contributed by atoms with Crippen LogP contribution in [0.5, 0.6) is 0 Å². The van der Waals surface area contributed by atoms with Gasteiger partial charge in [-0.2, -0.15) is 11.8 Å². The molecule has 0 amide bonds. The molecule has 1 rings (SSSR count). The summed E-state index contributed by atoms with van der Waals surface area (Å²) in [6, 6.07) is 7.28. The zero-order valence-corrected chi connectivity index (χ0v) is 14.8. The van der Waals surface area contributed by atoms with Crippen molar-refractivity contribution in [3.8, 4) is 0 Å². The van der Waals surface area contributed by atoms with Crippen molar-refractivity contribution in [1.29, 1.82) is 0 Å². The molecule has 0 aromatic heterocycles. The van der Waals surface area contributed by atoms with Gasteiger partial charge in [-0.1, -0.05) is 31.5 Å². The molecule has 0 saturated carbocycles. The fourth-order valence-corrected chi connectivity index (χ4v) is 3.56. The van der Waals surface area contributed by atoms with E-state index in [1.54, 1.807) is 0 Å². The number of hydrogen-bond acceptors (Lipinski definition) is 3. The van der Waals surface area contributed by atoms with Crippen LogP contribution in [0.15, 0.2) is 18.2 Å². The minimum atomic E-state index is 0.338. The molecule has 4 heteroatoms. The van der Waals surface area contributed by atoms with Gasteiger partial charge >= 0.3 is 0 Å². The largest absolute Gasteiger partial charge is 0.370 e. The molecule has 0 radical (unpaired) electrons. The Kier molecular flexibility index (Phi) is 7.78. The van der Waals surface area contributed by atoms with Crippen LogP contribution in [-0.2, 0) is 0 Å². The Morgan fingerprint density at radius 1 is 1.35 bits per heavy atom. The number of rotatable bonds is 8. The van der Waals surface area contributed by atoms with E-state index in [0.29, 0.717) is 12.1 Å². The second-order valence-electron chi connectivity index (χ2n) is 5.12. The molecule has 1 aromatic carbocycles. The Morgan fingerprint density at radius 2 is 2.05 bits per heavy atom. The van der Waals surface area contributed by atoms with Gasteiger partial charge in [0.05, 0.1) is 10.7 Å². The van der Waals surface area contributed by atoms with Crippen molar-refractivity contribution in [2.45, 2.75) is 39.3 Å². The van der Waals surface area contributed by atoms with Crippen LogP contribution in [0.3, 0.4) is 0 Å². The van der Waals surface area contributed by atoms with Crippen LogP contribution < -0.4 is 10.2 Å². The van der Waals surface area contributed by atoms with Crippen LogP contribution in [0.25, 0.3) is 0 Å². The summed E-state index contributed by atoms with van der Waals surface area (Å²) in [5.41, 5.74) is 2.37. The van der Waals surface area contributed by atoms with Crippen LogP contribution in [0.1, 0.15) is 38.8 Å². The third-order valence-corrected chi connectivity index (χ3v) is 4.76. The van der Waals surface area contributed by atoms with Crippen molar-refractivity contribution < 1.29 is 0 Å². The van der Waals surface area contributed by atoms with E-state index in [9.17, 15) is 0 Å². The SMILES string of the molecule is CCNC(C)c1ccc(N(C)C(CC)CSC)c(Cl)c1. The molecule has 0 fully saturated rings. The maximum atomic E-state index is 6.49. The Morgan fingerprint density at radius 3 is 2.55 bits per heavy atom. The molecule has 0 bridgehead atoms. The summed E-state index contributed by atoms with van der Waals surface area (Å²) < 4.78 is 0. The highest BCUT2D eigenvalue weighted by atomic mass is 35.5. The predicted octanol–water partition coefficient (Wildman–Crippen LogP) is 4.59. The van der Waals surface area contributed by atoms with Crippen LogP contribution in [0, 0.1) is 0 Å². The van der Waals surface area contributed by atoms with Gasteiger partial charge < -0.3 is 10.2 Å². The lowest BCUT2D eigenvalue weighted by atomic mass is 10.1. The molecule has 0 aliphatic carbocycles. The van der Waals surface area contributed by atoms with Gasteiger partial charge in [-0.25, -0.2) is 0 Å². The van der Waals surface area contributed by atoms with Crippen molar-refractivity contribution in [3.63, 3.8) is 0 Å². The van der Waals surface area contributed by atoms with Gasteiger partial charge in [0.25, 0.3) is 0 Å². The molecule has 2 atom stereocenters. The number of anilines is 1. The lowest BCUT2D eigenvalue weighted by Gasteiger charge is -2.30. The molecule has 2 nitrogen and oxygen atoms in total. The third-order valence-electron chi connectivity index (χ3n) is 3.74. The maximum absolute atomic E-state index is 6.49. The Bertz CT molecular complexity index is 411. The monoisotopic (exact) mass is 314 g/mol. The average Bonchev–Trinajstić information content (AvgIpc) is 2.44. The van der Waals surface area contributed by atoms with Crippen LogP contribution in [0.2, 0.25) is 5.02 Å². The summed E-state index contributed by atoms with van der Waals surface area (Å²) in [7, 11) is 2.14. The maximum Gasteiger partial charge on any atom is 0.0642 e. The summed E-state index contributed by atoms with van der Waals surface area (Å²) in [4.78, 5) is 2.31. The first-order valence-corrected chi connectivity index (χ1v) is 9.06. The van der Waals surface area contributed by atoms with E-state index in [1.165, 1.54) is 5.56 Å². The quantitative estimate of drug-likeness (QED) is 0.755. The molecule has 114 valence electrons. The number of halogens is 1. The summed E-state index contributed by atoms with van der Waals surface area (Å²) in [6.45, 7) is 7.48. The van der Waals surface area contributed by atoms with E-state index in [2.05, 4.69) is 62.5 Å². The molecule has 1 aromatic rings. The molecule has 0 heterocycles. The highest BCUT2D eigenvalue weighted by Crippen LogP contribution is 2.30. The van der Waals surface area contributed by atoms with Gasteiger partial charge in [0.2, 0.25) is 0 Å². The minimum Gasteiger partial charge on any atom is -0.370 e. The smallest absolute Gasteiger partial charge is 0.0642 e. The first-order valence-electron chi connectivity index (χ1n) is 7.29. The normalized spacial score (nSPS) is 14.1. The second kappa shape index (κ2) is 8.81. The first kappa shape index (κ1) is 17.7. The molecule has 0 saturated heterocycles. The van der Waals surface area contributed by atoms with Gasteiger partial charge in [0, 0.05) is 24.9 Å². The van der Waals surface area contributed by atoms with Gasteiger partial charge in [0.15, 0.2) is 0 Å². The third kappa shape index (κ3) is 4.57. The average molecular weight is 315 g/mol. The highest BCUT2D eigenvalue weighted by molar-refractivity contribution is 7.98. The van der Waals surface area contributed by atoms with Crippen molar-refractivity contribution in [2.75, 3.05) is 30.5 Å². The lowest BCUT2D eigenvalue weighted by molar-refractivity contribution is 0.598. The predicted molar refractivity (Wildman–Crippen MR) is 94.4 cm³/mol. The van der Waals surface area contributed by atoms with Crippen molar-refractivity contribution >= 4 is 29.1 Å². The van der Waals surface area contributed by atoms with Crippen molar-refractivity contribution in [1.82, 2.24) is 5.32 Å². The molecule has 0 aliphatic rings. The fraction of sp³-hybridized carbons (Fsp3) is 0.625. The molecule has 0 spiro atoms. The second-order valence-corrected chi connectivity index (χ2v) is 6.44. The minimum absolute atomic E-state index is 0.338. The summed E-state index contributed by atoms with van der Waals surface area (Å²) in [5, 5.41) is 4.26. The molecule has 20 heavy (non-hydrogen) atoms. The van der Waals surface area contributed by atoms with Crippen LogP contribution in [0.4, 0.5) is 5.69 Å². The molecule has 0 aliphatic heterocycles. The zero-order chi connectivity index (χ0) is 15.1. The Labute approximate surface area is 133 Å². The highest BCUT2D eigenvalue weighted by Gasteiger charge is 2.16. The van der Waals surface area contributed by atoms with Crippen molar-refractivity contribution in [2.24, 2.45) is 0 Å². The van der Waals surface area contributed by atoms with E-state index in [4.69, 9.17) is 11.6 Å². The zero-order valence-electron chi connectivity index (χ0n) is 13.2. The van der Waals surface area contributed by atoms with Crippen LogP contribution >= 0.6 is 23.4 Å². The standard InChI is InChI=1S/C16H27ClN2S/c1-6-14(11-20-5)19(4)16-9-8-13(10-15(16)17)12(3)18-7-2/h8-10,12,14,18H,6-7,11H2,1-5H3. The number of nitrogens with one attached hydrogen (secondary N) is 1. The van der Waals surface area contributed by atoms with E-state index in [1.807, 2.05) is 11.8 Å². The number of nitrogens with zero attached hydrogens (tertiary/aromatic N) is 1. The number of benzene rings is 1. The van der Waals surface area contributed by atoms with Crippen molar-refractivity contribution in [3.05, 3.63) is 28.8 Å². The topological polar surface area (TPSA) is 15.3 Å². The summed E-state index contributed by atoms with van der Waals surface area (Å²) >= 11 is 8.38. The van der Waals surface area contributed by atoms with E-state index < -0.39 is 0 Å². The summed E-state index contributed by atoms with van der Waals surface area (Å²) in [5.74, 6) is 1.12. The lowest BCUT2D eigenvalue weighted by Crippen LogP contribution is -2.33.